The Morgan fingerprint density at radius 2 is 1.38 bits per heavy atom. The summed E-state index contributed by atoms with van der Waals surface area (Å²) in [6.07, 6.45) is -0.848. The van der Waals surface area contributed by atoms with Crippen LogP contribution in [0.25, 0.3) is 10.8 Å². The van der Waals surface area contributed by atoms with Crippen molar-refractivity contribution in [3.8, 4) is 5.75 Å². The van der Waals surface area contributed by atoms with Gasteiger partial charge in [-0.1, -0.05) is 84.9 Å². The summed E-state index contributed by atoms with van der Waals surface area (Å²) in [6.45, 7) is 2.56. The number of aliphatic hydroxyl groups excluding tert-OH is 1. The third kappa shape index (κ3) is 15.8. The topological polar surface area (TPSA) is 305 Å². The lowest BCUT2D eigenvalue weighted by Gasteiger charge is -2.32. The average Bonchev–Trinajstić information content (AvgIpc) is 3.84. The SMILES string of the molecule is C[C@@H](O)[C@H](NC(=O)[C@H](Cc1ccc(O)cc1)NC(=O)[C@@H](N)Cc1ccc2ccccc2c1)C(=O)N1CCC[C@H]1C(=O)N[C@@H](CCCCN)C(=O)N[C@H](C(=O)NCC(=O)O)[C@@H](C)OCc1ccccc1. The number of nitrogens with zero attached hydrogens (tertiary/aromatic N) is 1. The van der Waals surface area contributed by atoms with Crippen LogP contribution in [0.5, 0.6) is 5.75 Å². The molecule has 0 spiro atoms. The van der Waals surface area contributed by atoms with Crippen LogP contribution in [0.1, 0.15) is 62.6 Å². The molecule has 4 aromatic rings. The molecule has 19 heteroatoms. The lowest BCUT2D eigenvalue weighted by molar-refractivity contribution is -0.145. The number of carbonyl (C=O) groups is 7. The second kappa shape index (κ2) is 26.0. The van der Waals surface area contributed by atoms with Crippen LogP contribution >= 0.6 is 0 Å². The Kier molecular flexibility index (Phi) is 20.0. The molecular weight excluding hydrogens is 889 g/mol. The molecule has 19 nitrogen and oxygen atoms in total. The number of carboxylic acids is 1. The maximum Gasteiger partial charge on any atom is 0.322 e. The largest absolute Gasteiger partial charge is 0.508 e. The summed E-state index contributed by atoms with van der Waals surface area (Å²) >= 11 is 0. The van der Waals surface area contributed by atoms with Gasteiger partial charge in [-0.3, -0.25) is 33.6 Å². The highest BCUT2D eigenvalue weighted by Crippen LogP contribution is 2.21. The van der Waals surface area contributed by atoms with Gasteiger partial charge in [0.15, 0.2) is 0 Å². The van der Waals surface area contributed by atoms with Gasteiger partial charge in [0.05, 0.1) is 24.9 Å². The van der Waals surface area contributed by atoms with Gasteiger partial charge in [-0.05, 0) is 98.5 Å². The highest BCUT2D eigenvalue weighted by Gasteiger charge is 2.41. The minimum atomic E-state index is -1.58. The third-order valence-corrected chi connectivity index (χ3v) is 11.9. The van der Waals surface area contributed by atoms with E-state index in [-0.39, 0.29) is 44.6 Å². The van der Waals surface area contributed by atoms with Crippen molar-refractivity contribution in [3.63, 3.8) is 0 Å². The molecule has 1 aliphatic heterocycles. The van der Waals surface area contributed by atoms with Crippen LogP contribution in [0.15, 0.2) is 97.1 Å². The Hall–Kier alpha value is -6.93. The molecule has 1 saturated heterocycles. The summed E-state index contributed by atoms with van der Waals surface area (Å²) in [7, 11) is 0. The number of benzene rings is 4. The fraction of sp³-hybridized carbons (Fsp3) is 0.420. The van der Waals surface area contributed by atoms with Crippen molar-refractivity contribution in [1.82, 2.24) is 31.5 Å². The fourth-order valence-corrected chi connectivity index (χ4v) is 8.04. The number of hydrogen-bond donors (Lipinski definition) is 10. The van der Waals surface area contributed by atoms with Gasteiger partial charge in [-0.25, -0.2) is 0 Å². The molecule has 6 amide bonds. The highest BCUT2D eigenvalue weighted by atomic mass is 16.5. The van der Waals surface area contributed by atoms with Crippen LogP contribution < -0.4 is 38.1 Å². The smallest absolute Gasteiger partial charge is 0.322 e. The summed E-state index contributed by atoms with van der Waals surface area (Å²) in [5.41, 5.74) is 14.3. The molecule has 1 heterocycles. The van der Waals surface area contributed by atoms with Gasteiger partial charge in [0.1, 0.15) is 42.5 Å². The molecule has 5 rings (SSSR count). The summed E-state index contributed by atoms with van der Waals surface area (Å²) in [4.78, 5) is 96.0. The van der Waals surface area contributed by atoms with Crippen LogP contribution in [0, 0.1) is 0 Å². The minimum Gasteiger partial charge on any atom is -0.508 e. The van der Waals surface area contributed by atoms with Crippen molar-refractivity contribution in [3.05, 3.63) is 114 Å². The number of aliphatic carboxylic acids is 1. The number of aromatic hydroxyl groups is 1. The van der Waals surface area contributed by atoms with Gasteiger partial charge in [-0.2, -0.15) is 0 Å². The van der Waals surface area contributed by atoms with Gasteiger partial charge in [0.25, 0.3) is 0 Å². The zero-order chi connectivity index (χ0) is 50.0. The Balaban J connectivity index is 1.29. The molecule has 0 radical (unpaired) electrons. The summed E-state index contributed by atoms with van der Waals surface area (Å²) in [5.74, 6) is -5.89. The van der Waals surface area contributed by atoms with E-state index in [0.717, 1.165) is 21.9 Å². The number of ether oxygens (including phenoxy) is 1. The van der Waals surface area contributed by atoms with Crippen molar-refractivity contribution in [1.29, 1.82) is 0 Å². The molecular formula is C50H64N8O11. The number of carbonyl (C=O) groups excluding carboxylic acids is 6. The molecule has 1 fully saturated rings. The van der Waals surface area contributed by atoms with E-state index >= 15 is 0 Å². The molecule has 69 heavy (non-hydrogen) atoms. The lowest BCUT2D eigenvalue weighted by atomic mass is 10.0. The van der Waals surface area contributed by atoms with E-state index in [1.165, 1.54) is 24.0 Å². The van der Waals surface area contributed by atoms with Gasteiger partial charge in [-0.15, -0.1) is 0 Å². The lowest BCUT2D eigenvalue weighted by Crippen LogP contribution is -2.62. The number of fused-ring (bicyclic) bond motifs is 1. The van der Waals surface area contributed by atoms with E-state index in [1.54, 1.807) is 31.2 Å². The summed E-state index contributed by atoms with van der Waals surface area (Å²) < 4.78 is 5.92. The Morgan fingerprint density at radius 3 is 2.06 bits per heavy atom. The van der Waals surface area contributed by atoms with E-state index in [0.29, 0.717) is 31.4 Å². The number of unbranched alkanes of at least 4 members (excludes halogenated alkanes) is 1. The number of nitrogens with two attached hydrogens (primary N) is 2. The molecule has 370 valence electrons. The van der Waals surface area contributed by atoms with Crippen molar-refractivity contribution < 1.29 is 53.6 Å². The monoisotopic (exact) mass is 952 g/mol. The molecule has 8 atom stereocenters. The number of likely N-dealkylation sites (tertiary alicyclic amines) is 1. The standard InChI is InChI=1S/C50H64N8O11/c1-30(59)43(56-47(65)40(27-32-18-21-37(60)22-19-32)55-45(63)38(52)26-34-17-20-35-13-6-7-14-36(35)25-34)50(68)58-24-10-16-41(58)48(66)54-39(15-8-9-23-51)46(64)57-44(49(67)53-28-42(61)62)31(2)69-29-33-11-4-3-5-12-33/h3-7,11-14,17-22,25,30-31,38-41,43-44,59-60H,8-10,15-16,23-24,26-29,51-52H2,1-2H3,(H,53,67)(H,54,66)(H,55,63)(H,56,65)(H,57,64)(H,61,62)/t30-,31-,38+,39+,40+,41+,43+,44+/m1/s1. The van der Waals surface area contributed by atoms with E-state index in [9.17, 15) is 48.9 Å². The number of phenolic OH excluding ortho intramolecular Hbond substituents is 1. The maximum atomic E-state index is 14.3. The van der Waals surface area contributed by atoms with Crippen LogP contribution in [0.3, 0.4) is 0 Å². The van der Waals surface area contributed by atoms with Crippen molar-refractivity contribution >= 4 is 52.2 Å². The molecule has 0 saturated carbocycles. The molecule has 4 aromatic carbocycles. The number of aliphatic hydroxyl groups is 1. The fourth-order valence-electron chi connectivity index (χ4n) is 8.04. The van der Waals surface area contributed by atoms with Crippen molar-refractivity contribution in [2.75, 3.05) is 19.6 Å². The number of hydrogen-bond acceptors (Lipinski definition) is 12. The number of phenols is 1. The zero-order valence-electron chi connectivity index (χ0n) is 38.8. The van der Waals surface area contributed by atoms with E-state index in [4.69, 9.17) is 16.2 Å². The van der Waals surface area contributed by atoms with Crippen LogP contribution in [0.4, 0.5) is 0 Å². The number of carboxylic acid groups (broad SMARTS) is 1. The van der Waals surface area contributed by atoms with Crippen LogP contribution in [-0.4, -0.2) is 130 Å². The molecule has 1 aliphatic rings. The predicted molar refractivity (Wildman–Crippen MR) is 256 cm³/mol. The molecule has 0 unspecified atom stereocenters. The molecule has 0 aromatic heterocycles. The van der Waals surface area contributed by atoms with E-state index in [1.807, 2.05) is 60.7 Å². The van der Waals surface area contributed by atoms with Gasteiger partial charge >= 0.3 is 5.97 Å². The quantitative estimate of drug-likeness (QED) is 0.0414. The maximum absolute atomic E-state index is 14.3. The Bertz CT molecular complexity index is 2390. The van der Waals surface area contributed by atoms with E-state index < -0.39 is 96.4 Å². The first-order chi connectivity index (χ1) is 33.0. The first-order valence-corrected chi connectivity index (χ1v) is 23.1. The van der Waals surface area contributed by atoms with Gasteiger partial charge in [0.2, 0.25) is 35.4 Å². The molecule has 0 aliphatic carbocycles. The van der Waals surface area contributed by atoms with Crippen LogP contribution in [-0.2, 0) is 57.7 Å². The van der Waals surface area contributed by atoms with Crippen molar-refractivity contribution in [2.45, 2.75) is 114 Å². The van der Waals surface area contributed by atoms with Crippen molar-refractivity contribution in [2.24, 2.45) is 11.5 Å². The summed E-state index contributed by atoms with van der Waals surface area (Å²) in [5, 5.41) is 45.0. The highest BCUT2D eigenvalue weighted by molar-refractivity contribution is 5.97. The second-order valence-electron chi connectivity index (χ2n) is 17.3. The first kappa shape index (κ1) is 53.0. The third-order valence-electron chi connectivity index (χ3n) is 11.9. The molecule has 12 N–H and O–H groups in total. The Labute approximate surface area is 400 Å². The zero-order valence-corrected chi connectivity index (χ0v) is 38.8. The van der Waals surface area contributed by atoms with Crippen LogP contribution in [0.2, 0.25) is 0 Å². The minimum absolute atomic E-state index is 0.0176. The normalized spacial score (nSPS) is 16.5. The number of rotatable bonds is 25. The number of amides is 6. The van der Waals surface area contributed by atoms with Gasteiger partial charge in [0, 0.05) is 13.0 Å². The Morgan fingerprint density at radius 1 is 0.725 bits per heavy atom. The number of nitrogens with one attached hydrogen (secondary N) is 5. The van der Waals surface area contributed by atoms with E-state index in [2.05, 4.69) is 26.6 Å². The molecule has 0 bridgehead atoms. The average molecular weight is 953 g/mol. The van der Waals surface area contributed by atoms with Gasteiger partial charge < -0.3 is 63.0 Å². The first-order valence-electron chi connectivity index (χ1n) is 23.1. The summed E-state index contributed by atoms with van der Waals surface area (Å²) in [6, 6.07) is 20.8. The predicted octanol–water partition coefficient (Wildman–Crippen LogP) is 0.904. The second-order valence-corrected chi connectivity index (χ2v) is 17.3.